The van der Waals surface area contributed by atoms with Gasteiger partial charge in [-0.15, -0.1) is 0 Å². The number of aliphatic hydroxyl groups is 2. The highest BCUT2D eigenvalue weighted by Crippen LogP contribution is 2.44. The van der Waals surface area contributed by atoms with Crippen LogP contribution in [0.1, 0.15) is 39.1 Å². The highest BCUT2D eigenvalue weighted by molar-refractivity contribution is 9.10. The number of carboxylic acids is 1. The summed E-state index contributed by atoms with van der Waals surface area (Å²) in [6.07, 6.45) is -3.46. The van der Waals surface area contributed by atoms with Gasteiger partial charge in [-0.2, -0.15) is 0 Å². The van der Waals surface area contributed by atoms with Gasteiger partial charge in [0, 0.05) is 16.9 Å². The normalized spacial score (nSPS) is 14.2. The average molecular weight is 512 g/mol. The first-order chi connectivity index (χ1) is 15.9. The quantitative estimate of drug-likeness (QED) is 0.379. The molecule has 2 atom stereocenters. The summed E-state index contributed by atoms with van der Waals surface area (Å²) in [5.74, 6) is -1.25. The molecule has 0 aliphatic heterocycles. The second kappa shape index (κ2) is 9.74. The first kappa shape index (κ1) is 23.0. The Balaban J connectivity index is 1.35. The summed E-state index contributed by atoms with van der Waals surface area (Å²) < 4.78 is 5.77. The van der Waals surface area contributed by atoms with Crippen LogP contribution in [0.5, 0.6) is 0 Å². The fourth-order valence-electron chi connectivity index (χ4n) is 4.06. The molecule has 4 rings (SSSR count). The molecule has 0 bridgehead atoms. The largest absolute Gasteiger partial charge is 0.478 e. The molecule has 0 fully saturated rings. The number of alkyl carbamates (subject to hydrolysis) is 1. The molecule has 0 saturated heterocycles. The van der Waals surface area contributed by atoms with E-state index in [0.29, 0.717) is 4.47 Å². The highest BCUT2D eigenvalue weighted by Gasteiger charge is 2.29. The Morgan fingerprint density at radius 1 is 0.970 bits per heavy atom. The molecule has 1 aliphatic carbocycles. The van der Waals surface area contributed by atoms with Crippen molar-refractivity contribution in [3.05, 3.63) is 93.5 Å². The maximum Gasteiger partial charge on any atom is 0.407 e. The van der Waals surface area contributed by atoms with Crippen LogP contribution in [0.4, 0.5) is 4.79 Å². The van der Waals surface area contributed by atoms with Gasteiger partial charge in [-0.3, -0.25) is 0 Å². The standard InChI is InChI=1S/C25H22BrNO6/c26-21-10-9-14(11-19(21)24(30)31)23(29)22(28)12-27-25(32)33-13-20-17-7-3-1-5-15(17)16-6-2-4-8-18(16)20/h1-11,20,22-23,28-29H,12-13H2,(H,27,32)(H,30,31). The minimum Gasteiger partial charge on any atom is -0.478 e. The van der Waals surface area contributed by atoms with Crippen molar-refractivity contribution in [1.29, 1.82) is 0 Å². The van der Waals surface area contributed by atoms with Crippen LogP contribution in [0.25, 0.3) is 11.1 Å². The Morgan fingerprint density at radius 2 is 1.58 bits per heavy atom. The van der Waals surface area contributed by atoms with E-state index in [2.05, 4.69) is 21.2 Å². The maximum absolute atomic E-state index is 12.3. The molecule has 170 valence electrons. The Bertz CT molecular complexity index is 1150. The zero-order chi connectivity index (χ0) is 23.5. The predicted octanol–water partition coefficient (Wildman–Crippen LogP) is 4.08. The minimum absolute atomic E-state index is 0.0387. The smallest absolute Gasteiger partial charge is 0.407 e. The summed E-state index contributed by atoms with van der Waals surface area (Å²) >= 11 is 3.13. The molecule has 0 heterocycles. The summed E-state index contributed by atoms with van der Waals surface area (Å²) in [5, 5.41) is 32.3. The van der Waals surface area contributed by atoms with E-state index in [4.69, 9.17) is 4.74 Å². The van der Waals surface area contributed by atoms with Gasteiger partial charge in [0.15, 0.2) is 0 Å². The van der Waals surface area contributed by atoms with Gasteiger partial charge >= 0.3 is 12.1 Å². The van der Waals surface area contributed by atoms with Gasteiger partial charge in [-0.05, 0) is 55.9 Å². The SMILES string of the molecule is O=C(NCC(O)C(O)c1ccc(Br)c(C(=O)O)c1)OCC1c2ccccc2-c2ccccc21. The molecule has 3 aromatic rings. The summed E-state index contributed by atoms with van der Waals surface area (Å²) in [6.45, 7) is -0.135. The van der Waals surface area contributed by atoms with Crippen molar-refractivity contribution in [2.24, 2.45) is 0 Å². The molecule has 0 spiro atoms. The molecule has 0 aromatic heterocycles. The number of aromatic carboxylic acids is 1. The first-order valence-electron chi connectivity index (χ1n) is 10.3. The van der Waals surface area contributed by atoms with Crippen LogP contribution in [0.3, 0.4) is 0 Å². The average Bonchev–Trinajstić information content (AvgIpc) is 3.14. The van der Waals surface area contributed by atoms with Gasteiger partial charge in [0.1, 0.15) is 18.8 Å². The number of aliphatic hydroxyl groups excluding tert-OH is 2. The van der Waals surface area contributed by atoms with E-state index < -0.39 is 24.3 Å². The predicted molar refractivity (Wildman–Crippen MR) is 125 cm³/mol. The number of hydrogen-bond acceptors (Lipinski definition) is 5. The molecule has 4 N–H and O–H groups in total. The second-order valence-electron chi connectivity index (χ2n) is 7.76. The lowest BCUT2D eigenvalue weighted by Crippen LogP contribution is -2.36. The number of hydrogen-bond donors (Lipinski definition) is 4. The lowest BCUT2D eigenvalue weighted by atomic mass is 9.98. The van der Waals surface area contributed by atoms with E-state index in [1.165, 1.54) is 18.2 Å². The van der Waals surface area contributed by atoms with Crippen molar-refractivity contribution in [3.63, 3.8) is 0 Å². The number of amides is 1. The van der Waals surface area contributed by atoms with Gasteiger partial charge in [0.25, 0.3) is 0 Å². The molecular formula is C25H22BrNO6. The number of nitrogens with one attached hydrogen (secondary N) is 1. The number of fused-ring (bicyclic) bond motifs is 3. The van der Waals surface area contributed by atoms with E-state index in [9.17, 15) is 24.9 Å². The van der Waals surface area contributed by atoms with Gasteiger partial charge in [-0.25, -0.2) is 9.59 Å². The number of rotatable bonds is 7. The molecule has 3 aromatic carbocycles. The molecule has 1 amide bonds. The zero-order valence-electron chi connectivity index (χ0n) is 17.4. The number of ether oxygens (including phenoxy) is 1. The van der Waals surface area contributed by atoms with Crippen molar-refractivity contribution in [2.45, 2.75) is 18.1 Å². The van der Waals surface area contributed by atoms with Crippen molar-refractivity contribution < 1.29 is 29.6 Å². The zero-order valence-corrected chi connectivity index (χ0v) is 19.0. The van der Waals surface area contributed by atoms with Crippen LogP contribution >= 0.6 is 15.9 Å². The van der Waals surface area contributed by atoms with Gasteiger partial charge in [0.05, 0.1) is 5.56 Å². The van der Waals surface area contributed by atoms with Crippen molar-refractivity contribution in [2.75, 3.05) is 13.2 Å². The Labute approximate surface area is 198 Å². The molecule has 33 heavy (non-hydrogen) atoms. The summed E-state index contributed by atoms with van der Waals surface area (Å²) in [5.41, 5.74) is 4.60. The fraction of sp³-hybridized carbons (Fsp3) is 0.200. The Hall–Kier alpha value is -3.20. The molecule has 0 radical (unpaired) electrons. The van der Waals surface area contributed by atoms with Crippen molar-refractivity contribution in [1.82, 2.24) is 5.32 Å². The number of carbonyl (C=O) groups excluding carboxylic acids is 1. The van der Waals surface area contributed by atoms with Gasteiger partial charge < -0.3 is 25.4 Å². The Morgan fingerprint density at radius 3 is 2.18 bits per heavy atom. The summed E-state index contributed by atoms with van der Waals surface area (Å²) in [6, 6.07) is 20.2. The van der Waals surface area contributed by atoms with Gasteiger partial charge in [0.2, 0.25) is 0 Å². The van der Waals surface area contributed by atoms with Gasteiger partial charge in [-0.1, -0.05) is 54.6 Å². The van der Waals surface area contributed by atoms with Crippen molar-refractivity contribution >= 4 is 28.0 Å². The minimum atomic E-state index is -1.38. The van der Waals surface area contributed by atoms with E-state index >= 15 is 0 Å². The van der Waals surface area contributed by atoms with E-state index in [1.54, 1.807) is 0 Å². The third-order valence-electron chi connectivity index (χ3n) is 5.73. The van der Waals surface area contributed by atoms with Crippen LogP contribution in [0.15, 0.2) is 71.2 Å². The van der Waals surface area contributed by atoms with E-state index in [-0.39, 0.29) is 30.2 Å². The third-order valence-corrected chi connectivity index (χ3v) is 6.42. The molecule has 1 aliphatic rings. The molecular weight excluding hydrogens is 490 g/mol. The van der Waals surface area contributed by atoms with Crippen LogP contribution in [-0.4, -0.2) is 46.6 Å². The monoisotopic (exact) mass is 511 g/mol. The van der Waals surface area contributed by atoms with E-state index in [0.717, 1.165) is 22.3 Å². The van der Waals surface area contributed by atoms with Crippen LogP contribution in [0.2, 0.25) is 0 Å². The number of benzene rings is 3. The Kier molecular flexibility index (Phi) is 6.78. The second-order valence-corrected chi connectivity index (χ2v) is 8.62. The molecule has 7 nitrogen and oxygen atoms in total. The van der Waals surface area contributed by atoms with Crippen LogP contribution < -0.4 is 5.32 Å². The first-order valence-corrected chi connectivity index (χ1v) is 11.1. The molecule has 2 unspecified atom stereocenters. The van der Waals surface area contributed by atoms with Crippen molar-refractivity contribution in [3.8, 4) is 11.1 Å². The lowest BCUT2D eigenvalue weighted by molar-refractivity contribution is 0.0185. The highest BCUT2D eigenvalue weighted by atomic mass is 79.9. The topological polar surface area (TPSA) is 116 Å². The molecule has 0 saturated carbocycles. The molecule has 8 heteroatoms. The number of carboxylic acid groups (broad SMARTS) is 1. The number of halogens is 1. The van der Waals surface area contributed by atoms with E-state index in [1.807, 2.05) is 48.5 Å². The third kappa shape index (κ3) is 4.78. The summed E-state index contributed by atoms with van der Waals surface area (Å²) in [4.78, 5) is 23.5. The number of carbonyl (C=O) groups is 2. The van der Waals surface area contributed by atoms with Crippen LogP contribution in [-0.2, 0) is 4.74 Å². The fourth-order valence-corrected chi connectivity index (χ4v) is 4.48. The summed E-state index contributed by atoms with van der Waals surface area (Å²) in [7, 11) is 0. The van der Waals surface area contributed by atoms with Crippen LogP contribution in [0, 0.1) is 0 Å². The lowest BCUT2D eigenvalue weighted by Gasteiger charge is -2.20. The maximum atomic E-state index is 12.3.